The Morgan fingerprint density at radius 3 is 2.06 bits per heavy atom. The van der Waals surface area contributed by atoms with Gasteiger partial charge in [0.15, 0.2) is 0 Å². The molecule has 3 amide bonds. The number of amides is 3. The van der Waals surface area contributed by atoms with Gasteiger partial charge in [0.25, 0.3) is 0 Å². The van der Waals surface area contributed by atoms with Gasteiger partial charge in [-0.15, -0.1) is 0 Å². The molecule has 0 radical (unpaired) electrons. The first kappa shape index (κ1) is 12.2. The highest BCUT2D eigenvalue weighted by Crippen LogP contribution is 2.19. The van der Waals surface area contributed by atoms with Gasteiger partial charge in [0.05, 0.1) is 0 Å². The van der Waals surface area contributed by atoms with E-state index in [1.165, 1.54) is 0 Å². The van der Waals surface area contributed by atoms with E-state index in [4.69, 9.17) is 0 Å². The minimum Gasteiger partial charge on any atom is -0.359 e. The van der Waals surface area contributed by atoms with Crippen LogP contribution in [0, 0.1) is 5.92 Å². The molecule has 2 fully saturated rings. The van der Waals surface area contributed by atoms with Crippen molar-refractivity contribution in [1.29, 1.82) is 0 Å². The first-order chi connectivity index (χ1) is 8.22. The lowest BCUT2D eigenvalue weighted by Gasteiger charge is -2.33. The molecule has 2 rings (SSSR count). The summed E-state index contributed by atoms with van der Waals surface area (Å²) in [5.74, 6) is 0.195. The molecule has 1 N–H and O–H groups in total. The van der Waals surface area contributed by atoms with Crippen LogP contribution in [-0.2, 0) is 4.79 Å². The molecular formula is C12H21N3O2. The van der Waals surface area contributed by atoms with Crippen molar-refractivity contribution in [3.63, 3.8) is 0 Å². The van der Waals surface area contributed by atoms with Gasteiger partial charge in [-0.1, -0.05) is 0 Å². The number of hydrogen-bond acceptors (Lipinski definition) is 2. The van der Waals surface area contributed by atoms with Crippen molar-refractivity contribution < 1.29 is 9.59 Å². The normalized spacial score (nSPS) is 21.7. The van der Waals surface area contributed by atoms with Crippen LogP contribution in [0.25, 0.3) is 0 Å². The molecule has 96 valence electrons. The first-order valence-electron chi connectivity index (χ1n) is 6.48. The van der Waals surface area contributed by atoms with Gasteiger partial charge in [0.2, 0.25) is 5.91 Å². The van der Waals surface area contributed by atoms with E-state index in [2.05, 4.69) is 5.32 Å². The van der Waals surface area contributed by atoms with Crippen molar-refractivity contribution in [3.8, 4) is 0 Å². The van der Waals surface area contributed by atoms with E-state index < -0.39 is 0 Å². The fraction of sp³-hybridized carbons (Fsp3) is 0.833. The van der Waals surface area contributed by atoms with Crippen LogP contribution >= 0.6 is 0 Å². The SMILES string of the molecule is CNC(=O)C1CCN(C(=O)N2CCCC2)CC1. The van der Waals surface area contributed by atoms with Crippen molar-refractivity contribution in [2.45, 2.75) is 25.7 Å². The molecule has 2 aliphatic rings. The average Bonchev–Trinajstić information content (AvgIpc) is 2.91. The number of likely N-dealkylation sites (tertiary alicyclic amines) is 2. The number of carbonyl (C=O) groups is 2. The number of urea groups is 1. The Labute approximate surface area is 102 Å². The molecule has 0 saturated carbocycles. The molecule has 0 aromatic carbocycles. The predicted octanol–water partition coefficient (Wildman–Crippen LogP) is 0.660. The summed E-state index contributed by atoms with van der Waals surface area (Å²) in [7, 11) is 1.67. The largest absolute Gasteiger partial charge is 0.359 e. The highest BCUT2D eigenvalue weighted by Gasteiger charge is 2.29. The van der Waals surface area contributed by atoms with Crippen LogP contribution in [0.15, 0.2) is 0 Å². The third-order valence-corrected chi connectivity index (χ3v) is 3.76. The fourth-order valence-electron chi connectivity index (χ4n) is 2.65. The van der Waals surface area contributed by atoms with Crippen LogP contribution in [0.1, 0.15) is 25.7 Å². The minimum absolute atomic E-state index is 0.0858. The Morgan fingerprint density at radius 2 is 1.53 bits per heavy atom. The topological polar surface area (TPSA) is 52.7 Å². The van der Waals surface area contributed by atoms with Gasteiger partial charge < -0.3 is 15.1 Å². The second-order valence-electron chi connectivity index (χ2n) is 4.85. The van der Waals surface area contributed by atoms with Gasteiger partial charge >= 0.3 is 6.03 Å². The maximum Gasteiger partial charge on any atom is 0.319 e. The average molecular weight is 239 g/mol. The lowest BCUT2D eigenvalue weighted by molar-refractivity contribution is -0.125. The molecule has 2 saturated heterocycles. The van der Waals surface area contributed by atoms with Gasteiger partial charge in [0.1, 0.15) is 0 Å². The summed E-state index contributed by atoms with van der Waals surface area (Å²) in [6.07, 6.45) is 3.83. The third kappa shape index (κ3) is 2.70. The number of nitrogens with one attached hydrogen (secondary N) is 1. The molecule has 0 spiro atoms. The molecule has 17 heavy (non-hydrogen) atoms. The number of piperidine rings is 1. The monoisotopic (exact) mass is 239 g/mol. The third-order valence-electron chi connectivity index (χ3n) is 3.76. The molecule has 5 nitrogen and oxygen atoms in total. The Kier molecular flexibility index (Phi) is 3.86. The van der Waals surface area contributed by atoms with Crippen LogP contribution in [-0.4, -0.2) is 55.0 Å². The van der Waals surface area contributed by atoms with E-state index >= 15 is 0 Å². The first-order valence-corrected chi connectivity index (χ1v) is 6.48. The molecule has 0 bridgehead atoms. The summed E-state index contributed by atoms with van der Waals surface area (Å²) in [4.78, 5) is 27.4. The molecule has 0 aromatic rings. The van der Waals surface area contributed by atoms with Crippen molar-refractivity contribution in [2.24, 2.45) is 5.92 Å². The van der Waals surface area contributed by atoms with Crippen LogP contribution in [0.4, 0.5) is 4.79 Å². The van der Waals surface area contributed by atoms with Crippen molar-refractivity contribution >= 4 is 11.9 Å². The lowest BCUT2D eigenvalue weighted by atomic mass is 9.96. The Balaban J connectivity index is 1.82. The minimum atomic E-state index is 0.0858. The summed E-state index contributed by atoms with van der Waals surface area (Å²) in [6.45, 7) is 3.23. The molecular weight excluding hydrogens is 218 g/mol. The lowest BCUT2D eigenvalue weighted by Crippen LogP contribution is -2.47. The molecule has 0 aliphatic carbocycles. The zero-order valence-corrected chi connectivity index (χ0v) is 10.4. The number of rotatable bonds is 1. The molecule has 0 aromatic heterocycles. The van der Waals surface area contributed by atoms with Gasteiger partial charge in [0, 0.05) is 39.1 Å². The second-order valence-corrected chi connectivity index (χ2v) is 4.85. The second kappa shape index (κ2) is 5.38. The van der Waals surface area contributed by atoms with Crippen LogP contribution in [0.3, 0.4) is 0 Å². The van der Waals surface area contributed by atoms with Crippen LogP contribution < -0.4 is 5.32 Å². The van der Waals surface area contributed by atoms with Crippen LogP contribution in [0.5, 0.6) is 0 Å². The highest BCUT2D eigenvalue weighted by atomic mass is 16.2. The summed E-state index contributed by atoms with van der Waals surface area (Å²) < 4.78 is 0. The van der Waals surface area contributed by atoms with E-state index in [1.807, 2.05) is 9.80 Å². The van der Waals surface area contributed by atoms with Crippen LogP contribution in [0.2, 0.25) is 0 Å². The standard InChI is InChI=1S/C12H21N3O2/c1-13-11(16)10-4-8-15(9-5-10)12(17)14-6-2-3-7-14/h10H,2-9H2,1H3,(H,13,16). The zero-order valence-electron chi connectivity index (χ0n) is 10.4. The summed E-state index contributed by atoms with van der Waals surface area (Å²) in [5.41, 5.74) is 0. The number of nitrogens with zero attached hydrogens (tertiary/aromatic N) is 2. The summed E-state index contributed by atoms with van der Waals surface area (Å²) in [5, 5.41) is 2.68. The predicted molar refractivity (Wildman–Crippen MR) is 64.6 cm³/mol. The molecule has 2 aliphatic heterocycles. The van der Waals surface area contributed by atoms with Crippen molar-refractivity contribution in [3.05, 3.63) is 0 Å². The van der Waals surface area contributed by atoms with E-state index in [9.17, 15) is 9.59 Å². The summed E-state index contributed by atoms with van der Waals surface area (Å²) in [6, 6.07) is 0.165. The molecule has 2 heterocycles. The molecule has 0 unspecified atom stereocenters. The van der Waals surface area contributed by atoms with Gasteiger partial charge in [-0.25, -0.2) is 4.79 Å². The Morgan fingerprint density at radius 1 is 1.00 bits per heavy atom. The Bertz CT molecular complexity index is 292. The van der Waals surface area contributed by atoms with Crippen molar-refractivity contribution in [1.82, 2.24) is 15.1 Å². The zero-order chi connectivity index (χ0) is 12.3. The van der Waals surface area contributed by atoms with E-state index in [0.717, 1.165) is 38.8 Å². The quantitative estimate of drug-likeness (QED) is 0.731. The smallest absolute Gasteiger partial charge is 0.319 e. The highest BCUT2D eigenvalue weighted by molar-refractivity contribution is 5.79. The number of hydrogen-bond donors (Lipinski definition) is 1. The maximum absolute atomic E-state index is 12.1. The van der Waals surface area contributed by atoms with Gasteiger partial charge in [-0.2, -0.15) is 0 Å². The van der Waals surface area contributed by atoms with E-state index in [0.29, 0.717) is 13.1 Å². The Hall–Kier alpha value is -1.26. The number of carbonyl (C=O) groups excluding carboxylic acids is 2. The van der Waals surface area contributed by atoms with E-state index in [-0.39, 0.29) is 17.9 Å². The fourth-order valence-corrected chi connectivity index (χ4v) is 2.65. The maximum atomic E-state index is 12.1. The molecule has 0 atom stereocenters. The van der Waals surface area contributed by atoms with Gasteiger partial charge in [-0.05, 0) is 25.7 Å². The molecule has 5 heteroatoms. The van der Waals surface area contributed by atoms with Gasteiger partial charge in [-0.3, -0.25) is 4.79 Å². The summed E-state index contributed by atoms with van der Waals surface area (Å²) >= 11 is 0. The van der Waals surface area contributed by atoms with E-state index in [1.54, 1.807) is 7.05 Å². The van der Waals surface area contributed by atoms with Crippen molar-refractivity contribution in [2.75, 3.05) is 33.2 Å².